The number of halogens is 1. The van der Waals surface area contributed by atoms with Gasteiger partial charge in [-0.25, -0.2) is 18.8 Å². The zero-order valence-corrected chi connectivity index (χ0v) is 16.1. The van der Waals surface area contributed by atoms with Gasteiger partial charge in [-0.3, -0.25) is 0 Å². The lowest BCUT2D eigenvalue weighted by molar-refractivity contribution is -0.174. The second-order valence-electron chi connectivity index (χ2n) is 6.55. The molecule has 8 nitrogen and oxygen atoms in total. The summed E-state index contributed by atoms with van der Waals surface area (Å²) in [6.07, 6.45) is -1.04. The number of ether oxygens (including phenoxy) is 4. The Balaban J connectivity index is 3.48. The molecule has 0 radical (unpaired) electrons. The Morgan fingerprint density at radius 2 is 1.59 bits per heavy atom. The van der Waals surface area contributed by atoms with Gasteiger partial charge in [0.25, 0.3) is 0 Å². The zero-order chi connectivity index (χ0) is 20.8. The second kappa shape index (κ2) is 8.70. The van der Waals surface area contributed by atoms with Gasteiger partial charge in [-0.15, -0.1) is 0 Å². The van der Waals surface area contributed by atoms with E-state index in [2.05, 4.69) is 14.8 Å². The van der Waals surface area contributed by atoms with Crippen LogP contribution in [0.4, 0.5) is 9.18 Å². The minimum atomic E-state index is -3.35. The topological polar surface area (TPSA) is 100 Å². The fraction of sp³-hybridized carbons (Fsp3) is 0.500. The van der Waals surface area contributed by atoms with E-state index < -0.39 is 35.3 Å². The van der Waals surface area contributed by atoms with Crippen LogP contribution in [0.5, 0.6) is 5.75 Å². The maximum absolute atomic E-state index is 15.7. The van der Waals surface area contributed by atoms with Gasteiger partial charge in [0.05, 0.1) is 21.3 Å². The highest BCUT2D eigenvalue weighted by Crippen LogP contribution is 2.34. The number of amides is 1. The average Bonchev–Trinajstić information content (AvgIpc) is 2.62. The number of hydrogen-bond donors (Lipinski definition) is 1. The first-order valence-electron chi connectivity index (χ1n) is 7.98. The highest BCUT2D eigenvalue weighted by molar-refractivity contribution is 6.05. The van der Waals surface area contributed by atoms with Crippen molar-refractivity contribution in [2.45, 2.75) is 38.1 Å². The molecule has 0 unspecified atom stereocenters. The molecule has 1 aromatic rings. The van der Waals surface area contributed by atoms with Gasteiger partial charge in [-0.2, -0.15) is 0 Å². The molecule has 0 fully saturated rings. The number of benzene rings is 1. The molecule has 1 N–H and O–H groups in total. The fourth-order valence-electron chi connectivity index (χ4n) is 2.28. The molecule has 0 aliphatic heterocycles. The van der Waals surface area contributed by atoms with Gasteiger partial charge in [-0.05, 0) is 38.5 Å². The molecule has 1 atom stereocenters. The molecule has 0 aliphatic carbocycles. The van der Waals surface area contributed by atoms with Crippen molar-refractivity contribution in [2.24, 2.45) is 0 Å². The normalized spacial score (nSPS) is 12.6. The number of carbonyl (C=O) groups is 3. The number of alkyl carbamates (subject to hydrolysis) is 1. The summed E-state index contributed by atoms with van der Waals surface area (Å²) in [5.74, 6) is -2.74. The van der Waals surface area contributed by atoms with E-state index in [0.29, 0.717) is 5.75 Å². The number of esters is 2. The summed E-state index contributed by atoms with van der Waals surface area (Å²) in [6, 6.07) is 4.06. The Morgan fingerprint density at radius 3 is 2.04 bits per heavy atom. The standard InChI is InChI=1S/C18H24FNO7/c1-17(2,3)27-16(23)20-13(11-8-7-9-12(10-11)24-4)18(19,14(21)25-5)15(22)26-6/h7-10,13H,1-6H3,(H,20,23)/t13-/m0/s1. The van der Waals surface area contributed by atoms with Crippen LogP contribution in [0.25, 0.3) is 0 Å². The molecule has 0 bridgehead atoms. The van der Waals surface area contributed by atoms with E-state index in [-0.39, 0.29) is 5.56 Å². The molecule has 0 aliphatic rings. The van der Waals surface area contributed by atoms with Crippen LogP contribution >= 0.6 is 0 Å². The minimum absolute atomic E-state index is 0.0681. The van der Waals surface area contributed by atoms with E-state index in [1.807, 2.05) is 0 Å². The van der Waals surface area contributed by atoms with Crippen LogP contribution < -0.4 is 10.1 Å². The maximum Gasteiger partial charge on any atom is 0.408 e. The van der Waals surface area contributed by atoms with E-state index in [1.165, 1.54) is 25.3 Å². The number of rotatable bonds is 6. The summed E-state index contributed by atoms with van der Waals surface area (Å²) >= 11 is 0. The highest BCUT2D eigenvalue weighted by atomic mass is 19.1. The van der Waals surface area contributed by atoms with E-state index in [9.17, 15) is 14.4 Å². The van der Waals surface area contributed by atoms with E-state index >= 15 is 4.39 Å². The van der Waals surface area contributed by atoms with Crippen LogP contribution in [0, 0.1) is 0 Å². The van der Waals surface area contributed by atoms with E-state index in [1.54, 1.807) is 26.8 Å². The van der Waals surface area contributed by atoms with Crippen LogP contribution in [0.2, 0.25) is 0 Å². The fourth-order valence-corrected chi connectivity index (χ4v) is 2.28. The van der Waals surface area contributed by atoms with E-state index in [4.69, 9.17) is 9.47 Å². The largest absolute Gasteiger partial charge is 0.497 e. The van der Waals surface area contributed by atoms with Gasteiger partial charge in [0.1, 0.15) is 17.4 Å². The summed E-state index contributed by atoms with van der Waals surface area (Å²) in [7, 11) is 3.21. The highest BCUT2D eigenvalue weighted by Gasteiger charge is 2.57. The summed E-state index contributed by atoms with van der Waals surface area (Å²) in [5.41, 5.74) is -4.18. The summed E-state index contributed by atoms with van der Waals surface area (Å²) in [5, 5.41) is 2.22. The lowest BCUT2D eigenvalue weighted by Gasteiger charge is -2.31. The summed E-state index contributed by atoms with van der Waals surface area (Å²) in [6.45, 7) is 4.82. The van der Waals surface area contributed by atoms with Crippen molar-refractivity contribution in [1.82, 2.24) is 5.32 Å². The smallest absolute Gasteiger partial charge is 0.408 e. The Morgan fingerprint density at radius 1 is 1.04 bits per heavy atom. The monoisotopic (exact) mass is 385 g/mol. The van der Waals surface area contributed by atoms with Crippen LogP contribution in [0.3, 0.4) is 0 Å². The molecule has 0 aromatic heterocycles. The molecule has 1 rings (SSSR count). The number of carbonyl (C=O) groups excluding carboxylic acids is 3. The van der Waals surface area contributed by atoms with E-state index in [0.717, 1.165) is 14.2 Å². The van der Waals surface area contributed by atoms with Crippen molar-refractivity contribution in [2.75, 3.05) is 21.3 Å². The quantitative estimate of drug-likeness (QED) is 0.456. The van der Waals surface area contributed by atoms with Crippen molar-refractivity contribution in [1.29, 1.82) is 0 Å². The average molecular weight is 385 g/mol. The first-order valence-corrected chi connectivity index (χ1v) is 7.98. The third kappa shape index (κ3) is 5.32. The SMILES string of the molecule is COC(=O)C(F)(C(=O)OC)[C@@H](NC(=O)OC(C)(C)C)c1cccc(OC)c1. The lowest BCUT2D eigenvalue weighted by atomic mass is 9.89. The predicted octanol–water partition coefficient (Wildman–Crippen LogP) is 2.32. The number of nitrogens with one attached hydrogen (secondary N) is 1. The minimum Gasteiger partial charge on any atom is -0.497 e. The summed E-state index contributed by atoms with van der Waals surface area (Å²) in [4.78, 5) is 36.5. The first-order chi connectivity index (χ1) is 12.5. The Hall–Kier alpha value is -2.84. The predicted molar refractivity (Wildman–Crippen MR) is 93.0 cm³/mol. The van der Waals surface area contributed by atoms with Crippen LogP contribution in [0.15, 0.2) is 24.3 Å². The molecule has 150 valence electrons. The zero-order valence-electron chi connectivity index (χ0n) is 16.1. The van der Waals surface area contributed by atoms with Crippen molar-refractivity contribution in [3.63, 3.8) is 0 Å². The maximum atomic E-state index is 15.7. The molecule has 0 spiro atoms. The third-order valence-corrected chi connectivity index (χ3v) is 3.45. The van der Waals surface area contributed by atoms with Crippen molar-refractivity contribution >= 4 is 18.0 Å². The Labute approximate surface area is 156 Å². The molecule has 0 saturated carbocycles. The summed E-state index contributed by atoms with van der Waals surface area (Å²) < 4.78 is 34.8. The lowest BCUT2D eigenvalue weighted by Crippen LogP contribution is -2.55. The molecule has 1 aromatic carbocycles. The van der Waals surface area contributed by atoms with Gasteiger partial charge in [0.2, 0.25) is 0 Å². The van der Waals surface area contributed by atoms with Crippen LogP contribution in [-0.2, 0) is 23.8 Å². The molecular weight excluding hydrogens is 361 g/mol. The molecular formula is C18H24FNO7. The molecule has 0 heterocycles. The third-order valence-electron chi connectivity index (χ3n) is 3.45. The number of alkyl halides is 1. The van der Waals surface area contributed by atoms with Gasteiger partial charge in [-0.1, -0.05) is 12.1 Å². The van der Waals surface area contributed by atoms with Gasteiger partial charge >= 0.3 is 23.7 Å². The van der Waals surface area contributed by atoms with Crippen molar-refractivity contribution in [3.05, 3.63) is 29.8 Å². The van der Waals surface area contributed by atoms with Gasteiger partial charge in [0.15, 0.2) is 0 Å². The van der Waals surface area contributed by atoms with Gasteiger partial charge in [0, 0.05) is 0 Å². The van der Waals surface area contributed by atoms with Crippen molar-refractivity contribution < 1.29 is 37.7 Å². The number of methoxy groups -OCH3 is 3. The molecule has 0 saturated heterocycles. The van der Waals surface area contributed by atoms with Crippen LogP contribution in [-0.4, -0.2) is 50.6 Å². The second-order valence-corrected chi connectivity index (χ2v) is 6.55. The Bertz CT molecular complexity index is 683. The first kappa shape index (κ1) is 22.2. The molecule has 1 amide bonds. The molecule has 27 heavy (non-hydrogen) atoms. The Kier molecular flexibility index (Phi) is 7.15. The van der Waals surface area contributed by atoms with Crippen LogP contribution in [0.1, 0.15) is 32.4 Å². The number of hydrogen-bond acceptors (Lipinski definition) is 7. The van der Waals surface area contributed by atoms with Crippen molar-refractivity contribution in [3.8, 4) is 5.75 Å². The van der Waals surface area contributed by atoms with Gasteiger partial charge < -0.3 is 24.3 Å². The molecule has 9 heteroatoms.